The molecule has 0 fully saturated rings. The van der Waals surface area contributed by atoms with Crippen LogP contribution in [-0.4, -0.2) is 11.5 Å². The van der Waals surface area contributed by atoms with E-state index in [-0.39, 0.29) is 5.56 Å². The van der Waals surface area contributed by atoms with Crippen LogP contribution in [0.5, 0.6) is 0 Å². The maximum absolute atomic E-state index is 13.5. The van der Waals surface area contributed by atoms with E-state index in [0.29, 0.717) is 6.54 Å². The lowest BCUT2D eigenvalue weighted by Gasteiger charge is -2.24. The highest BCUT2D eigenvalue weighted by atomic mass is 19.3. The number of benzene rings is 1. The maximum Gasteiger partial charge on any atom is 0.270 e. The third-order valence-electron chi connectivity index (χ3n) is 4.61. The minimum absolute atomic E-state index is 0.0333. The molecule has 29 heavy (non-hydrogen) atoms. The Morgan fingerprint density at radius 1 is 1.07 bits per heavy atom. The second-order valence-corrected chi connectivity index (χ2v) is 7.22. The lowest BCUT2D eigenvalue weighted by Crippen LogP contribution is -2.25. The molecule has 2 rings (SSSR count). The van der Waals surface area contributed by atoms with Crippen LogP contribution >= 0.6 is 0 Å². The number of aryl methyl sites for hydroxylation is 1. The van der Waals surface area contributed by atoms with Crippen molar-refractivity contribution in [3.05, 3.63) is 95.2 Å². The third kappa shape index (κ3) is 7.30. The van der Waals surface area contributed by atoms with Gasteiger partial charge in [0.15, 0.2) is 0 Å². The van der Waals surface area contributed by atoms with Crippen LogP contribution in [0.4, 0.5) is 14.6 Å². The SMILES string of the molecule is C\C=C/C(=C\C=C\C)CCN(Cc1ccc(C(C)(F)F)cc1)c1ccc(C)cn1. The number of rotatable bonds is 9. The van der Waals surface area contributed by atoms with Crippen molar-refractivity contribution < 1.29 is 8.78 Å². The van der Waals surface area contributed by atoms with E-state index in [4.69, 9.17) is 0 Å². The number of anilines is 1. The second-order valence-electron chi connectivity index (χ2n) is 7.22. The molecule has 154 valence electrons. The summed E-state index contributed by atoms with van der Waals surface area (Å²) in [6, 6.07) is 10.6. The number of hydrogen-bond acceptors (Lipinski definition) is 2. The smallest absolute Gasteiger partial charge is 0.270 e. The molecule has 0 aliphatic heterocycles. The monoisotopic (exact) mass is 396 g/mol. The van der Waals surface area contributed by atoms with Crippen LogP contribution in [0.3, 0.4) is 0 Å². The lowest BCUT2D eigenvalue weighted by molar-refractivity contribution is 0.0174. The Morgan fingerprint density at radius 3 is 2.34 bits per heavy atom. The topological polar surface area (TPSA) is 16.1 Å². The zero-order valence-electron chi connectivity index (χ0n) is 17.7. The summed E-state index contributed by atoms with van der Waals surface area (Å²) < 4.78 is 27.0. The predicted octanol–water partition coefficient (Wildman–Crippen LogP) is 6.98. The molecule has 0 radical (unpaired) electrons. The summed E-state index contributed by atoms with van der Waals surface area (Å²) in [6.07, 6.45) is 13.0. The summed E-state index contributed by atoms with van der Waals surface area (Å²) in [5.41, 5.74) is 3.34. The number of halogens is 2. The highest BCUT2D eigenvalue weighted by Crippen LogP contribution is 2.27. The normalized spacial score (nSPS) is 12.8. The van der Waals surface area contributed by atoms with E-state index >= 15 is 0 Å². The fourth-order valence-electron chi connectivity index (χ4n) is 2.97. The molecular weight excluding hydrogens is 366 g/mol. The van der Waals surface area contributed by atoms with Crippen molar-refractivity contribution >= 4 is 5.82 Å². The van der Waals surface area contributed by atoms with Gasteiger partial charge in [-0.2, -0.15) is 0 Å². The minimum Gasteiger partial charge on any atom is -0.352 e. The first-order chi connectivity index (χ1) is 13.8. The Labute approximate surface area is 173 Å². The fraction of sp³-hybridized carbons (Fsp3) is 0.320. The molecule has 0 saturated heterocycles. The molecule has 0 saturated carbocycles. The van der Waals surface area contributed by atoms with E-state index in [1.165, 1.54) is 17.7 Å². The molecule has 0 atom stereocenters. The highest BCUT2D eigenvalue weighted by molar-refractivity contribution is 5.41. The van der Waals surface area contributed by atoms with E-state index < -0.39 is 5.92 Å². The summed E-state index contributed by atoms with van der Waals surface area (Å²) in [5, 5.41) is 0. The van der Waals surface area contributed by atoms with E-state index in [9.17, 15) is 8.78 Å². The fourth-order valence-corrected chi connectivity index (χ4v) is 2.97. The van der Waals surface area contributed by atoms with Crippen molar-refractivity contribution in [3.63, 3.8) is 0 Å². The summed E-state index contributed by atoms with van der Waals surface area (Å²) >= 11 is 0. The highest BCUT2D eigenvalue weighted by Gasteiger charge is 2.23. The van der Waals surface area contributed by atoms with Gasteiger partial charge in [-0.15, -0.1) is 0 Å². The largest absolute Gasteiger partial charge is 0.352 e. The average molecular weight is 397 g/mol. The summed E-state index contributed by atoms with van der Waals surface area (Å²) in [5.74, 6) is -1.94. The van der Waals surface area contributed by atoms with Gasteiger partial charge in [0.25, 0.3) is 5.92 Å². The quantitative estimate of drug-likeness (QED) is 0.425. The molecule has 0 amide bonds. The summed E-state index contributed by atoms with van der Waals surface area (Å²) in [4.78, 5) is 6.76. The minimum atomic E-state index is -2.82. The van der Waals surface area contributed by atoms with Gasteiger partial charge in [0, 0.05) is 31.8 Å². The van der Waals surface area contributed by atoms with Crippen molar-refractivity contribution in [1.29, 1.82) is 0 Å². The molecule has 2 aromatic rings. The van der Waals surface area contributed by atoms with Gasteiger partial charge in [-0.25, -0.2) is 13.8 Å². The molecular formula is C25H30F2N2. The molecule has 1 aromatic heterocycles. The van der Waals surface area contributed by atoms with Crippen LogP contribution in [0, 0.1) is 6.92 Å². The zero-order valence-corrected chi connectivity index (χ0v) is 17.7. The Balaban J connectivity index is 2.22. The molecule has 0 N–H and O–H groups in total. The van der Waals surface area contributed by atoms with Gasteiger partial charge in [0.1, 0.15) is 5.82 Å². The lowest BCUT2D eigenvalue weighted by atomic mass is 10.1. The van der Waals surface area contributed by atoms with Gasteiger partial charge in [-0.05, 0) is 50.0 Å². The zero-order chi connectivity index (χ0) is 21.3. The van der Waals surface area contributed by atoms with Gasteiger partial charge in [0.05, 0.1) is 0 Å². The van der Waals surface area contributed by atoms with Crippen LogP contribution in [0.25, 0.3) is 0 Å². The average Bonchev–Trinajstić information content (AvgIpc) is 2.69. The molecule has 0 spiro atoms. The van der Waals surface area contributed by atoms with Crippen LogP contribution in [-0.2, 0) is 12.5 Å². The van der Waals surface area contributed by atoms with Crippen molar-refractivity contribution in [3.8, 4) is 0 Å². The number of pyridine rings is 1. The van der Waals surface area contributed by atoms with Gasteiger partial charge in [-0.1, -0.05) is 60.7 Å². The molecule has 2 nitrogen and oxygen atoms in total. The molecule has 1 heterocycles. The van der Waals surface area contributed by atoms with Crippen molar-refractivity contribution in [2.45, 2.75) is 46.6 Å². The molecule has 1 aromatic carbocycles. The predicted molar refractivity (Wildman–Crippen MR) is 118 cm³/mol. The summed E-state index contributed by atoms with van der Waals surface area (Å²) in [7, 11) is 0. The Kier molecular flexibility index (Phi) is 8.32. The third-order valence-corrected chi connectivity index (χ3v) is 4.61. The van der Waals surface area contributed by atoms with Gasteiger partial charge in [0.2, 0.25) is 0 Å². The van der Waals surface area contributed by atoms with Crippen LogP contribution in [0.15, 0.2) is 78.5 Å². The molecule has 0 aliphatic carbocycles. The first-order valence-corrected chi connectivity index (χ1v) is 9.93. The van der Waals surface area contributed by atoms with Gasteiger partial charge >= 0.3 is 0 Å². The Morgan fingerprint density at radius 2 is 1.79 bits per heavy atom. The number of aromatic nitrogens is 1. The van der Waals surface area contributed by atoms with Crippen molar-refractivity contribution in [1.82, 2.24) is 4.98 Å². The maximum atomic E-state index is 13.5. The number of hydrogen-bond donors (Lipinski definition) is 0. The molecule has 0 bridgehead atoms. The standard InChI is InChI=1S/C25H30F2N2/c1-5-7-9-21(8-6-2)16-17-29(24-15-10-20(3)18-28-24)19-22-11-13-23(14-12-22)25(4,26)27/h5-15,18H,16-17,19H2,1-4H3/b7-5+,8-6-,21-9+. The van der Waals surface area contributed by atoms with Crippen LogP contribution in [0.2, 0.25) is 0 Å². The van der Waals surface area contributed by atoms with E-state index in [2.05, 4.69) is 22.0 Å². The van der Waals surface area contributed by atoms with Gasteiger partial charge < -0.3 is 4.90 Å². The van der Waals surface area contributed by atoms with E-state index in [1.54, 1.807) is 12.1 Å². The first-order valence-electron chi connectivity index (χ1n) is 9.93. The molecule has 0 aliphatic rings. The number of alkyl halides is 2. The van der Waals surface area contributed by atoms with Crippen LogP contribution in [0.1, 0.15) is 43.9 Å². The van der Waals surface area contributed by atoms with Crippen molar-refractivity contribution in [2.24, 2.45) is 0 Å². The first kappa shape index (κ1) is 22.5. The Hall–Kier alpha value is -2.75. The molecule has 4 heteroatoms. The van der Waals surface area contributed by atoms with Crippen molar-refractivity contribution in [2.75, 3.05) is 11.4 Å². The Bertz CT molecular complexity index is 842. The van der Waals surface area contributed by atoms with Gasteiger partial charge in [-0.3, -0.25) is 0 Å². The molecule has 0 unspecified atom stereocenters. The number of nitrogens with zero attached hydrogens (tertiary/aromatic N) is 2. The second kappa shape index (κ2) is 10.7. The summed E-state index contributed by atoms with van der Waals surface area (Å²) in [6.45, 7) is 8.32. The number of allylic oxidation sites excluding steroid dienone is 5. The van der Waals surface area contributed by atoms with E-state index in [0.717, 1.165) is 36.8 Å². The van der Waals surface area contributed by atoms with Crippen LogP contribution < -0.4 is 4.90 Å². The van der Waals surface area contributed by atoms with E-state index in [1.807, 2.05) is 57.3 Å².